The first kappa shape index (κ1) is 16.1. The summed E-state index contributed by atoms with van der Waals surface area (Å²) in [4.78, 5) is 28.4. The second-order valence-corrected chi connectivity index (χ2v) is 3.60. The van der Waals surface area contributed by atoms with Gasteiger partial charge in [0.1, 0.15) is 6.54 Å². The summed E-state index contributed by atoms with van der Waals surface area (Å²) < 4.78 is 36.3. The van der Waals surface area contributed by atoms with E-state index in [1.165, 1.54) is 5.32 Å². The molecule has 13 heteroatoms. The number of nitrogens with one attached hydrogen (secondary N) is 1. The van der Waals surface area contributed by atoms with Crippen LogP contribution in [0.25, 0.3) is 0 Å². The van der Waals surface area contributed by atoms with Crippen LogP contribution < -0.4 is 5.32 Å². The van der Waals surface area contributed by atoms with E-state index in [0.29, 0.717) is 12.1 Å². The Morgan fingerprint density at radius 3 is 1.67 bits per heavy atom. The summed E-state index contributed by atoms with van der Waals surface area (Å²) in [6.45, 7) is -1.77. The first-order chi connectivity index (χ1) is 9.53. The Labute approximate surface area is 112 Å². The van der Waals surface area contributed by atoms with Crippen molar-refractivity contribution in [1.82, 2.24) is 0 Å². The highest BCUT2D eigenvalue weighted by molar-refractivity contribution is 5.77. The third kappa shape index (κ3) is 3.99. The quantitative estimate of drug-likeness (QED) is 0.649. The Hall–Kier alpha value is -2.99. The third-order valence-corrected chi connectivity index (χ3v) is 2.15. The molecule has 0 spiro atoms. The summed E-state index contributed by atoms with van der Waals surface area (Å²) in [5, 5.41) is 33.5. The number of nitro benzene ring substituents is 3. The lowest BCUT2D eigenvalue weighted by Crippen LogP contribution is -2.22. The van der Waals surface area contributed by atoms with Crippen LogP contribution in [-0.4, -0.2) is 27.5 Å². The maximum Gasteiger partial charge on any atom is 0.405 e. The van der Waals surface area contributed by atoms with Crippen molar-refractivity contribution < 1.29 is 27.9 Å². The average Bonchev–Trinajstić information content (AvgIpc) is 2.33. The van der Waals surface area contributed by atoms with Crippen LogP contribution in [0.3, 0.4) is 0 Å². The summed E-state index contributed by atoms with van der Waals surface area (Å²) in [5.41, 5.74) is -4.42. The Kier molecular flexibility index (Phi) is 4.25. The monoisotopic (exact) mass is 310 g/mol. The first-order valence-electron chi connectivity index (χ1n) is 4.95. The fourth-order valence-electron chi connectivity index (χ4n) is 1.36. The molecule has 1 aromatic carbocycles. The summed E-state index contributed by atoms with van der Waals surface area (Å²) in [5.74, 6) is 0. The van der Waals surface area contributed by atoms with E-state index >= 15 is 0 Å². The van der Waals surface area contributed by atoms with E-state index < -0.39 is 50.2 Å². The summed E-state index contributed by atoms with van der Waals surface area (Å²) in [6.07, 6.45) is -4.79. The second-order valence-electron chi connectivity index (χ2n) is 3.60. The third-order valence-electron chi connectivity index (χ3n) is 2.15. The topological polar surface area (TPSA) is 141 Å². The number of hydrogen-bond acceptors (Lipinski definition) is 7. The van der Waals surface area contributed by atoms with Crippen LogP contribution in [0.5, 0.6) is 0 Å². The number of nitro groups is 3. The molecule has 114 valence electrons. The summed E-state index contributed by atoms with van der Waals surface area (Å²) >= 11 is 0. The van der Waals surface area contributed by atoms with Gasteiger partial charge in [-0.1, -0.05) is 0 Å². The van der Waals surface area contributed by atoms with E-state index in [2.05, 4.69) is 0 Å². The van der Waals surface area contributed by atoms with Gasteiger partial charge in [-0.25, -0.2) is 0 Å². The lowest BCUT2D eigenvalue weighted by atomic mass is 10.2. The second kappa shape index (κ2) is 5.56. The van der Waals surface area contributed by atoms with E-state index in [0.717, 1.165) is 0 Å². The number of nitrogens with zero attached hydrogens (tertiary/aromatic N) is 3. The predicted octanol–water partition coefficient (Wildman–Crippen LogP) is 2.39. The molecule has 0 unspecified atom stereocenters. The predicted molar refractivity (Wildman–Crippen MR) is 60.9 cm³/mol. The molecule has 1 N–H and O–H groups in total. The highest BCUT2D eigenvalue weighted by atomic mass is 19.4. The molecule has 0 fully saturated rings. The molecule has 0 atom stereocenters. The van der Waals surface area contributed by atoms with Gasteiger partial charge in [-0.15, -0.1) is 0 Å². The van der Waals surface area contributed by atoms with Crippen molar-refractivity contribution in [3.8, 4) is 0 Å². The van der Waals surface area contributed by atoms with E-state index in [9.17, 15) is 43.5 Å². The molecule has 1 rings (SSSR count). The minimum absolute atomic E-state index is 0.339. The van der Waals surface area contributed by atoms with Crippen molar-refractivity contribution in [2.45, 2.75) is 6.18 Å². The van der Waals surface area contributed by atoms with Crippen molar-refractivity contribution in [2.75, 3.05) is 11.9 Å². The number of benzene rings is 1. The zero-order valence-electron chi connectivity index (χ0n) is 9.79. The molecule has 0 aliphatic heterocycles. The number of anilines is 1. The van der Waals surface area contributed by atoms with Gasteiger partial charge in [0.05, 0.1) is 26.9 Å². The van der Waals surface area contributed by atoms with Gasteiger partial charge in [0, 0.05) is 0 Å². The van der Waals surface area contributed by atoms with E-state index in [4.69, 9.17) is 0 Å². The van der Waals surface area contributed by atoms with Gasteiger partial charge in [0.15, 0.2) is 5.69 Å². The number of non-ortho nitro benzene ring substituents is 1. The minimum atomic E-state index is -4.79. The van der Waals surface area contributed by atoms with Crippen molar-refractivity contribution >= 4 is 22.7 Å². The van der Waals surface area contributed by atoms with E-state index in [1.54, 1.807) is 0 Å². The van der Waals surface area contributed by atoms with E-state index in [1.807, 2.05) is 0 Å². The van der Waals surface area contributed by atoms with Gasteiger partial charge in [-0.3, -0.25) is 30.3 Å². The minimum Gasteiger partial charge on any atom is -0.365 e. The van der Waals surface area contributed by atoms with Crippen LogP contribution in [0.2, 0.25) is 0 Å². The molecule has 0 saturated heterocycles. The zero-order valence-corrected chi connectivity index (χ0v) is 9.79. The lowest BCUT2D eigenvalue weighted by Gasteiger charge is -2.10. The van der Waals surface area contributed by atoms with Gasteiger partial charge < -0.3 is 5.32 Å². The summed E-state index contributed by atoms with van der Waals surface area (Å²) in [7, 11) is 0. The molecule has 0 saturated carbocycles. The first-order valence-corrected chi connectivity index (χ1v) is 4.95. The number of rotatable bonds is 5. The highest BCUT2D eigenvalue weighted by Crippen LogP contribution is 2.38. The Morgan fingerprint density at radius 2 is 1.38 bits per heavy atom. The van der Waals surface area contributed by atoms with Crippen LogP contribution in [0.1, 0.15) is 0 Å². The molecule has 0 amide bonds. The largest absolute Gasteiger partial charge is 0.405 e. The maximum absolute atomic E-state index is 12.1. The van der Waals surface area contributed by atoms with Crippen molar-refractivity contribution in [2.24, 2.45) is 0 Å². The van der Waals surface area contributed by atoms with Gasteiger partial charge in [-0.2, -0.15) is 13.2 Å². The van der Waals surface area contributed by atoms with Gasteiger partial charge in [-0.05, 0) is 0 Å². The molecule has 0 aromatic heterocycles. The molecule has 0 radical (unpaired) electrons. The van der Waals surface area contributed by atoms with Crippen molar-refractivity contribution in [3.63, 3.8) is 0 Å². The smallest absolute Gasteiger partial charge is 0.365 e. The Balaban J connectivity index is 3.46. The maximum atomic E-state index is 12.1. The zero-order chi connectivity index (χ0) is 16.4. The van der Waals surface area contributed by atoms with Crippen LogP contribution in [0.15, 0.2) is 12.1 Å². The number of halogens is 3. The SMILES string of the molecule is O=[N+]([O-])c1cc([N+](=O)[O-])c(NCC(F)(F)F)c([N+](=O)[O-])c1. The summed E-state index contributed by atoms with van der Waals surface area (Å²) in [6, 6.07) is 0.678. The molecule has 0 aliphatic rings. The molecule has 0 bridgehead atoms. The van der Waals surface area contributed by atoms with E-state index in [-0.39, 0.29) is 0 Å². The standard InChI is InChI=1S/C8H5F3N4O6/c9-8(10,11)3-12-7-5(14(18)19)1-4(13(16)17)2-6(7)15(20)21/h1-2,12H,3H2. The number of hydrogen-bond donors (Lipinski definition) is 1. The van der Waals surface area contributed by atoms with Crippen LogP contribution in [-0.2, 0) is 0 Å². The normalized spacial score (nSPS) is 11.0. The van der Waals surface area contributed by atoms with Gasteiger partial charge in [0.2, 0.25) is 0 Å². The molecular formula is C8H5F3N4O6. The molecule has 1 aromatic rings. The Morgan fingerprint density at radius 1 is 0.952 bits per heavy atom. The molecule has 21 heavy (non-hydrogen) atoms. The van der Waals surface area contributed by atoms with Gasteiger partial charge in [0.25, 0.3) is 5.69 Å². The van der Waals surface area contributed by atoms with Crippen molar-refractivity contribution in [3.05, 3.63) is 42.5 Å². The average molecular weight is 310 g/mol. The fourth-order valence-corrected chi connectivity index (χ4v) is 1.36. The molecular weight excluding hydrogens is 305 g/mol. The number of alkyl halides is 3. The highest BCUT2D eigenvalue weighted by Gasteiger charge is 2.34. The molecule has 10 nitrogen and oxygen atoms in total. The lowest BCUT2D eigenvalue weighted by molar-refractivity contribution is -0.401. The Bertz CT molecular complexity index is 582. The molecule has 0 aliphatic carbocycles. The van der Waals surface area contributed by atoms with Crippen LogP contribution >= 0.6 is 0 Å². The fraction of sp³-hybridized carbons (Fsp3) is 0.250. The van der Waals surface area contributed by atoms with Crippen LogP contribution in [0.4, 0.5) is 35.9 Å². The van der Waals surface area contributed by atoms with Crippen molar-refractivity contribution in [1.29, 1.82) is 0 Å². The van der Waals surface area contributed by atoms with Gasteiger partial charge >= 0.3 is 17.6 Å². The van der Waals surface area contributed by atoms with Crippen LogP contribution in [0, 0.1) is 30.3 Å². The molecule has 0 heterocycles.